The molecule has 1 unspecified atom stereocenters. The molecule has 1 N–H and O–H groups in total. The van der Waals surface area contributed by atoms with Gasteiger partial charge in [0.25, 0.3) is 0 Å². The standard InChI is InChI=1S/C13H12ClFOS/c1-8-6-9(15)2-4-11(8)12(16)7-10-3-5-13(14)17-10/h2-6,12,16H,7H2,1H3. The number of thiophene rings is 1. The topological polar surface area (TPSA) is 20.2 Å². The van der Waals surface area contributed by atoms with Crippen molar-refractivity contribution in [1.29, 1.82) is 0 Å². The smallest absolute Gasteiger partial charge is 0.123 e. The van der Waals surface area contributed by atoms with Crippen LogP contribution in [0.3, 0.4) is 0 Å². The van der Waals surface area contributed by atoms with Crippen LogP contribution in [0.5, 0.6) is 0 Å². The van der Waals surface area contributed by atoms with Crippen LogP contribution in [0.2, 0.25) is 4.34 Å². The van der Waals surface area contributed by atoms with Crippen LogP contribution in [0.4, 0.5) is 4.39 Å². The van der Waals surface area contributed by atoms with Gasteiger partial charge >= 0.3 is 0 Å². The van der Waals surface area contributed by atoms with Gasteiger partial charge in [-0.1, -0.05) is 17.7 Å². The predicted molar refractivity (Wildman–Crippen MR) is 69.1 cm³/mol. The van der Waals surface area contributed by atoms with Crippen molar-refractivity contribution < 1.29 is 9.50 Å². The first-order valence-electron chi connectivity index (χ1n) is 5.24. The van der Waals surface area contributed by atoms with Crippen LogP contribution in [-0.2, 0) is 6.42 Å². The molecule has 1 nitrogen and oxygen atoms in total. The Morgan fingerprint density at radius 1 is 1.35 bits per heavy atom. The Morgan fingerprint density at radius 2 is 2.12 bits per heavy atom. The van der Waals surface area contributed by atoms with E-state index in [0.29, 0.717) is 10.8 Å². The second-order valence-electron chi connectivity index (χ2n) is 3.93. The Morgan fingerprint density at radius 3 is 2.71 bits per heavy atom. The van der Waals surface area contributed by atoms with E-state index in [1.165, 1.54) is 23.5 Å². The Balaban J connectivity index is 2.17. The quantitative estimate of drug-likeness (QED) is 0.889. The molecule has 0 spiro atoms. The third kappa shape index (κ3) is 3.06. The lowest BCUT2D eigenvalue weighted by Gasteiger charge is -2.12. The minimum atomic E-state index is -0.620. The van der Waals surface area contributed by atoms with Gasteiger partial charge in [0.1, 0.15) is 5.82 Å². The lowest BCUT2D eigenvalue weighted by atomic mass is 10.0. The fourth-order valence-electron chi connectivity index (χ4n) is 1.77. The molecule has 0 aliphatic heterocycles. The summed E-state index contributed by atoms with van der Waals surface area (Å²) in [5, 5.41) is 10.1. The largest absolute Gasteiger partial charge is 0.388 e. The molecule has 17 heavy (non-hydrogen) atoms. The average Bonchev–Trinajstić information content (AvgIpc) is 2.63. The van der Waals surface area contributed by atoms with Gasteiger partial charge in [0.2, 0.25) is 0 Å². The van der Waals surface area contributed by atoms with Crippen molar-refractivity contribution in [2.45, 2.75) is 19.4 Å². The van der Waals surface area contributed by atoms with Crippen molar-refractivity contribution in [3.8, 4) is 0 Å². The Kier molecular flexibility index (Phi) is 3.82. The van der Waals surface area contributed by atoms with Gasteiger partial charge < -0.3 is 5.11 Å². The van der Waals surface area contributed by atoms with E-state index in [-0.39, 0.29) is 5.82 Å². The van der Waals surface area contributed by atoms with Gasteiger partial charge in [0, 0.05) is 11.3 Å². The summed E-state index contributed by atoms with van der Waals surface area (Å²) in [5.74, 6) is -0.280. The summed E-state index contributed by atoms with van der Waals surface area (Å²) >= 11 is 7.28. The number of aliphatic hydroxyl groups excluding tert-OH is 1. The number of benzene rings is 1. The zero-order valence-electron chi connectivity index (χ0n) is 9.28. The van der Waals surface area contributed by atoms with Crippen molar-refractivity contribution in [3.63, 3.8) is 0 Å². The fourth-order valence-corrected chi connectivity index (χ4v) is 2.90. The van der Waals surface area contributed by atoms with E-state index in [4.69, 9.17) is 11.6 Å². The molecule has 2 rings (SSSR count). The molecule has 1 heterocycles. The lowest BCUT2D eigenvalue weighted by molar-refractivity contribution is 0.178. The molecular weight excluding hydrogens is 259 g/mol. The monoisotopic (exact) mass is 270 g/mol. The molecule has 0 amide bonds. The van der Waals surface area contributed by atoms with Crippen molar-refractivity contribution in [1.82, 2.24) is 0 Å². The van der Waals surface area contributed by atoms with Crippen molar-refractivity contribution in [3.05, 3.63) is 56.5 Å². The van der Waals surface area contributed by atoms with E-state index in [2.05, 4.69) is 0 Å². The first-order chi connectivity index (χ1) is 8.06. The number of aryl methyl sites for hydroxylation is 1. The Hall–Kier alpha value is -0.900. The van der Waals surface area contributed by atoms with Crippen molar-refractivity contribution >= 4 is 22.9 Å². The summed E-state index contributed by atoms with van der Waals surface area (Å²) in [4.78, 5) is 1.02. The second kappa shape index (κ2) is 5.17. The summed E-state index contributed by atoms with van der Waals surface area (Å²) in [6, 6.07) is 8.14. The second-order valence-corrected chi connectivity index (χ2v) is 5.73. The minimum Gasteiger partial charge on any atom is -0.388 e. The van der Waals surface area contributed by atoms with Crippen LogP contribution < -0.4 is 0 Å². The first kappa shape index (κ1) is 12.6. The predicted octanol–water partition coefficient (Wildman–Crippen LogP) is 4.13. The van der Waals surface area contributed by atoms with Gasteiger partial charge in [-0.05, 0) is 42.3 Å². The van der Waals surface area contributed by atoms with Crippen molar-refractivity contribution in [2.75, 3.05) is 0 Å². The Labute approximate surface area is 108 Å². The summed E-state index contributed by atoms with van der Waals surface area (Å²) in [6.07, 6.45) is -0.116. The number of hydrogen-bond acceptors (Lipinski definition) is 2. The van der Waals surface area contributed by atoms with Crippen LogP contribution in [-0.4, -0.2) is 5.11 Å². The molecule has 1 aromatic heterocycles. The molecular formula is C13H12ClFOS. The molecule has 0 fully saturated rings. The van der Waals surface area contributed by atoms with E-state index in [1.54, 1.807) is 13.0 Å². The third-order valence-electron chi connectivity index (χ3n) is 2.61. The molecule has 0 bridgehead atoms. The summed E-state index contributed by atoms with van der Waals surface area (Å²) < 4.78 is 13.7. The van der Waals surface area contributed by atoms with Crippen LogP contribution in [0.15, 0.2) is 30.3 Å². The zero-order chi connectivity index (χ0) is 12.4. The molecule has 0 aliphatic rings. The molecule has 1 aromatic carbocycles. The number of rotatable bonds is 3. The van der Waals surface area contributed by atoms with Crippen LogP contribution >= 0.6 is 22.9 Å². The highest BCUT2D eigenvalue weighted by Gasteiger charge is 2.12. The van der Waals surface area contributed by atoms with Crippen LogP contribution in [0.1, 0.15) is 22.1 Å². The van der Waals surface area contributed by atoms with Crippen LogP contribution in [0, 0.1) is 12.7 Å². The maximum Gasteiger partial charge on any atom is 0.123 e. The number of halogens is 2. The molecule has 0 radical (unpaired) electrons. The average molecular weight is 271 g/mol. The van der Waals surface area contributed by atoms with E-state index >= 15 is 0 Å². The van der Waals surface area contributed by atoms with E-state index in [9.17, 15) is 9.50 Å². The molecule has 0 saturated heterocycles. The fraction of sp³-hybridized carbons (Fsp3) is 0.231. The highest BCUT2D eigenvalue weighted by atomic mass is 35.5. The van der Waals surface area contributed by atoms with Gasteiger partial charge in [-0.25, -0.2) is 4.39 Å². The lowest BCUT2D eigenvalue weighted by Crippen LogP contribution is -2.03. The minimum absolute atomic E-state index is 0.280. The molecule has 1 atom stereocenters. The number of aliphatic hydroxyl groups is 1. The highest BCUT2D eigenvalue weighted by molar-refractivity contribution is 7.16. The number of hydrogen-bond donors (Lipinski definition) is 1. The summed E-state index contributed by atoms with van der Waals surface area (Å²) in [5.41, 5.74) is 1.52. The van der Waals surface area contributed by atoms with E-state index in [0.717, 1.165) is 16.0 Å². The summed E-state index contributed by atoms with van der Waals surface area (Å²) in [6.45, 7) is 1.79. The molecule has 0 saturated carbocycles. The molecule has 90 valence electrons. The van der Waals surface area contributed by atoms with Crippen LogP contribution in [0.25, 0.3) is 0 Å². The van der Waals surface area contributed by atoms with Gasteiger partial charge in [-0.3, -0.25) is 0 Å². The Bertz CT molecular complexity index is 524. The van der Waals surface area contributed by atoms with Gasteiger partial charge in [-0.2, -0.15) is 0 Å². The van der Waals surface area contributed by atoms with Gasteiger partial charge in [-0.15, -0.1) is 11.3 Å². The van der Waals surface area contributed by atoms with Gasteiger partial charge in [0.05, 0.1) is 10.4 Å². The molecule has 0 aliphatic carbocycles. The maximum absolute atomic E-state index is 12.9. The first-order valence-corrected chi connectivity index (χ1v) is 6.44. The van der Waals surface area contributed by atoms with E-state index < -0.39 is 6.10 Å². The highest BCUT2D eigenvalue weighted by Crippen LogP contribution is 2.27. The third-order valence-corrected chi connectivity index (χ3v) is 3.87. The van der Waals surface area contributed by atoms with E-state index in [1.807, 2.05) is 12.1 Å². The van der Waals surface area contributed by atoms with Crippen molar-refractivity contribution in [2.24, 2.45) is 0 Å². The normalized spacial score (nSPS) is 12.7. The zero-order valence-corrected chi connectivity index (χ0v) is 10.9. The van der Waals surface area contributed by atoms with Gasteiger partial charge in [0.15, 0.2) is 0 Å². The SMILES string of the molecule is Cc1cc(F)ccc1C(O)Cc1ccc(Cl)s1. The molecule has 4 heteroatoms. The molecule has 2 aromatic rings. The summed E-state index contributed by atoms with van der Waals surface area (Å²) in [7, 11) is 0. The maximum atomic E-state index is 12.9.